The van der Waals surface area contributed by atoms with Crippen LogP contribution in [0, 0.1) is 0 Å². The van der Waals surface area contributed by atoms with Crippen LogP contribution < -0.4 is 0 Å². The summed E-state index contributed by atoms with van der Waals surface area (Å²) in [5.74, 6) is -0.703. The van der Waals surface area contributed by atoms with Gasteiger partial charge in [0.05, 0.1) is 12.5 Å². The Bertz CT molecular complexity index is 351. The SMILES string of the molecule is CCC=CCC=CC=COC=CCCCCCCC(=O)O. The molecule has 0 saturated carbocycles. The molecule has 0 aliphatic rings. The van der Waals surface area contributed by atoms with Crippen molar-refractivity contribution in [3.8, 4) is 0 Å². The number of unbranched alkanes of at least 4 members (excludes halogenated alkanes) is 4. The summed E-state index contributed by atoms with van der Waals surface area (Å²) in [7, 11) is 0. The van der Waals surface area contributed by atoms with Gasteiger partial charge >= 0.3 is 5.97 Å². The molecule has 0 spiro atoms. The highest BCUT2D eigenvalue weighted by molar-refractivity contribution is 5.66. The Kier molecular flexibility index (Phi) is 14.9. The Labute approximate surface area is 128 Å². The number of carboxylic acids is 1. The molecule has 0 atom stereocenters. The van der Waals surface area contributed by atoms with Gasteiger partial charge in [0.25, 0.3) is 0 Å². The normalized spacial score (nSPS) is 12.2. The molecule has 0 aliphatic heterocycles. The molecule has 0 heterocycles. The molecule has 0 saturated heterocycles. The summed E-state index contributed by atoms with van der Waals surface area (Å²) in [5, 5.41) is 8.49. The van der Waals surface area contributed by atoms with Gasteiger partial charge in [0.1, 0.15) is 0 Å². The van der Waals surface area contributed by atoms with Crippen molar-refractivity contribution in [2.24, 2.45) is 0 Å². The third-order valence-electron chi connectivity index (χ3n) is 2.77. The number of hydrogen-bond donors (Lipinski definition) is 1. The highest BCUT2D eigenvalue weighted by Crippen LogP contribution is 2.05. The summed E-state index contributed by atoms with van der Waals surface area (Å²) in [6.45, 7) is 2.12. The lowest BCUT2D eigenvalue weighted by Crippen LogP contribution is -1.93. The fraction of sp³-hybridized carbons (Fsp3) is 0.500. The number of allylic oxidation sites excluding steroid dienone is 6. The summed E-state index contributed by atoms with van der Waals surface area (Å²) in [6.07, 6.45) is 22.7. The standard InChI is InChI=1S/C18H28O3/c1-2-3-4-5-7-10-13-16-21-17-14-11-8-6-9-12-15-18(19)20/h3-4,7,10,13-14,16-17H,2,5-6,8-9,11-12,15H2,1H3,(H,19,20). The van der Waals surface area contributed by atoms with E-state index in [1.54, 1.807) is 12.5 Å². The van der Waals surface area contributed by atoms with Crippen LogP contribution in [0.25, 0.3) is 0 Å². The number of ether oxygens (including phenoxy) is 1. The molecule has 21 heavy (non-hydrogen) atoms. The number of carboxylic acid groups (broad SMARTS) is 1. The quantitative estimate of drug-likeness (QED) is 0.215. The van der Waals surface area contributed by atoms with Crippen molar-refractivity contribution in [1.29, 1.82) is 0 Å². The van der Waals surface area contributed by atoms with Gasteiger partial charge in [-0.1, -0.05) is 44.1 Å². The van der Waals surface area contributed by atoms with Crippen LogP contribution in [0.2, 0.25) is 0 Å². The fourth-order valence-electron chi connectivity index (χ4n) is 1.65. The van der Waals surface area contributed by atoms with Gasteiger partial charge in [-0.3, -0.25) is 4.79 Å². The van der Waals surface area contributed by atoms with Gasteiger partial charge in [-0.05, 0) is 44.3 Å². The van der Waals surface area contributed by atoms with E-state index in [4.69, 9.17) is 9.84 Å². The highest BCUT2D eigenvalue weighted by atomic mass is 16.5. The minimum absolute atomic E-state index is 0.283. The average molecular weight is 292 g/mol. The Morgan fingerprint density at radius 1 is 0.952 bits per heavy atom. The molecule has 0 radical (unpaired) electrons. The van der Waals surface area contributed by atoms with Crippen molar-refractivity contribution in [2.45, 2.75) is 58.3 Å². The maximum atomic E-state index is 10.3. The van der Waals surface area contributed by atoms with Gasteiger partial charge < -0.3 is 9.84 Å². The predicted molar refractivity (Wildman–Crippen MR) is 87.9 cm³/mol. The van der Waals surface area contributed by atoms with Crippen LogP contribution in [0.15, 0.2) is 49.0 Å². The molecular weight excluding hydrogens is 264 g/mol. The van der Waals surface area contributed by atoms with Crippen LogP contribution in [0.1, 0.15) is 58.3 Å². The van der Waals surface area contributed by atoms with Crippen LogP contribution in [-0.2, 0) is 9.53 Å². The Hall–Kier alpha value is -1.77. The Morgan fingerprint density at radius 3 is 2.52 bits per heavy atom. The third kappa shape index (κ3) is 18.2. The molecule has 118 valence electrons. The molecule has 0 amide bonds. The zero-order valence-electron chi connectivity index (χ0n) is 13.0. The lowest BCUT2D eigenvalue weighted by atomic mass is 10.1. The molecule has 3 heteroatoms. The summed E-state index contributed by atoms with van der Waals surface area (Å²) in [5.41, 5.74) is 0. The van der Waals surface area contributed by atoms with E-state index in [1.165, 1.54) is 0 Å². The van der Waals surface area contributed by atoms with E-state index in [9.17, 15) is 4.79 Å². The Balaban J connectivity index is 3.35. The zero-order chi connectivity index (χ0) is 15.6. The topological polar surface area (TPSA) is 46.5 Å². The zero-order valence-corrected chi connectivity index (χ0v) is 13.0. The van der Waals surface area contributed by atoms with E-state index in [2.05, 4.69) is 25.2 Å². The maximum absolute atomic E-state index is 10.3. The lowest BCUT2D eigenvalue weighted by molar-refractivity contribution is -0.137. The minimum atomic E-state index is -0.703. The van der Waals surface area contributed by atoms with Crippen LogP contribution in [0.4, 0.5) is 0 Å². The first-order valence-corrected chi connectivity index (χ1v) is 7.76. The van der Waals surface area contributed by atoms with E-state index < -0.39 is 5.97 Å². The Morgan fingerprint density at radius 2 is 1.76 bits per heavy atom. The van der Waals surface area contributed by atoms with Gasteiger partial charge in [-0.2, -0.15) is 0 Å². The van der Waals surface area contributed by atoms with Gasteiger partial charge in [0.2, 0.25) is 0 Å². The summed E-state index contributed by atoms with van der Waals surface area (Å²) in [6, 6.07) is 0. The average Bonchev–Trinajstić information content (AvgIpc) is 2.46. The van der Waals surface area contributed by atoms with E-state index in [-0.39, 0.29) is 6.42 Å². The van der Waals surface area contributed by atoms with Crippen molar-refractivity contribution in [3.05, 3.63) is 49.0 Å². The lowest BCUT2D eigenvalue weighted by Gasteiger charge is -1.96. The van der Waals surface area contributed by atoms with E-state index >= 15 is 0 Å². The molecule has 0 unspecified atom stereocenters. The van der Waals surface area contributed by atoms with Gasteiger partial charge in [-0.15, -0.1) is 0 Å². The maximum Gasteiger partial charge on any atom is 0.303 e. The van der Waals surface area contributed by atoms with Crippen molar-refractivity contribution in [1.82, 2.24) is 0 Å². The van der Waals surface area contributed by atoms with Gasteiger partial charge in [0, 0.05) is 6.42 Å². The van der Waals surface area contributed by atoms with Crippen LogP contribution in [0.3, 0.4) is 0 Å². The number of carbonyl (C=O) groups is 1. The van der Waals surface area contributed by atoms with E-state index in [1.807, 2.05) is 18.2 Å². The smallest absolute Gasteiger partial charge is 0.303 e. The molecular formula is C18H28O3. The summed E-state index contributed by atoms with van der Waals surface area (Å²) >= 11 is 0. The van der Waals surface area contributed by atoms with E-state index in [0.29, 0.717) is 0 Å². The first kappa shape index (κ1) is 19.2. The largest absolute Gasteiger partial charge is 0.481 e. The second-order valence-corrected chi connectivity index (χ2v) is 4.73. The fourth-order valence-corrected chi connectivity index (χ4v) is 1.65. The first-order valence-electron chi connectivity index (χ1n) is 7.76. The number of hydrogen-bond acceptors (Lipinski definition) is 2. The van der Waals surface area contributed by atoms with Gasteiger partial charge in [-0.25, -0.2) is 0 Å². The second kappa shape index (κ2) is 16.3. The summed E-state index contributed by atoms with van der Waals surface area (Å²) < 4.78 is 5.21. The number of aliphatic carboxylic acids is 1. The molecule has 0 aromatic rings. The van der Waals surface area contributed by atoms with Crippen molar-refractivity contribution in [3.63, 3.8) is 0 Å². The van der Waals surface area contributed by atoms with Crippen LogP contribution in [0.5, 0.6) is 0 Å². The highest BCUT2D eigenvalue weighted by Gasteiger charge is 1.95. The second-order valence-electron chi connectivity index (χ2n) is 4.73. The van der Waals surface area contributed by atoms with Crippen molar-refractivity contribution in [2.75, 3.05) is 0 Å². The molecule has 0 fully saturated rings. The molecule has 0 aromatic carbocycles. The van der Waals surface area contributed by atoms with Crippen molar-refractivity contribution >= 4 is 5.97 Å². The molecule has 1 N–H and O–H groups in total. The monoisotopic (exact) mass is 292 g/mol. The third-order valence-corrected chi connectivity index (χ3v) is 2.77. The first-order chi connectivity index (χ1) is 10.3. The molecule has 0 aromatic heterocycles. The molecule has 0 rings (SSSR count). The molecule has 0 aliphatic carbocycles. The molecule has 3 nitrogen and oxygen atoms in total. The van der Waals surface area contributed by atoms with Crippen LogP contribution >= 0.6 is 0 Å². The predicted octanol–water partition coefficient (Wildman–Crippen LogP) is 5.37. The van der Waals surface area contributed by atoms with Crippen molar-refractivity contribution < 1.29 is 14.6 Å². The molecule has 0 bridgehead atoms. The van der Waals surface area contributed by atoms with Crippen LogP contribution in [-0.4, -0.2) is 11.1 Å². The minimum Gasteiger partial charge on any atom is -0.481 e. The van der Waals surface area contributed by atoms with Gasteiger partial charge in [0.15, 0.2) is 0 Å². The van der Waals surface area contributed by atoms with E-state index in [0.717, 1.165) is 44.9 Å². The summed E-state index contributed by atoms with van der Waals surface area (Å²) in [4.78, 5) is 10.3. The number of rotatable bonds is 13.